The number of amides is 1. The molecule has 0 saturated carbocycles. The van der Waals surface area contributed by atoms with Crippen LogP contribution in [0.4, 0.5) is 0 Å². The first-order valence-electron chi connectivity index (χ1n) is 6.70. The highest BCUT2D eigenvalue weighted by Crippen LogP contribution is 1.89. The van der Waals surface area contributed by atoms with Crippen molar-refractivity contribution in [2.24, 2.45) is 5.92 Å². The van der Waals surface area contributed by atoms with Crippen LogP contribution in [-0.4, -0.2) is 51.5 Å². The average Bonchev–Trinajstić information content (AvgIpc) is 2.30. The first-order valence-corrected chi connectivity index (χ1v) is 6.70. The summed E-state index contributed by atoms with van der Waals surface area (Å²) in [6.45, 7) is 11.8. The summed E-state index contributed by atoms with van der Waals surface area (Å²) in [5.41, 5.74) is 0. The van der Waals surface area contributed by atoms with Crippen LogP contribution in [0.1, 0.15) is 30.5 Å². The molecule has 18 heavy (non-hydrogen) atoms. The molecule has 0 aromatic rings. The summed E-state index contributed by atoms with van der Waals surface area (Å²) >= 11 is 0. The van der Waals surface area contributed by atoms with E-state index in [9.17, 15) is 4.79 Å². The van der Waals surface area contributed by atoms with Crippen molar-refractivity contribution in [1.29, 1.82) is 0 Å². The molecule has 0 rings (SSSR count). The molecule has 0 aliphatic rings. The average molecular weight is 264 g/mol. The highest BCUT2D eigenvalue weighted by atomic mass is 16.5. The van der Waals surface area contributed by atoms with Gasteiger partial charge in [0.2, 0.25) is 5.91 Å². The summed E-state index contributed by atoms with van der Waals surface area (Å²) in [5, 5.41) is 6.06. The zero-order valence-corrected chi connectivity index (χ0v) is 12.1. The van der Waals surface area contributed by atoms with Crippen molar-refractivity contribution >= 4 is 5.91 Å². The van der Waals surface area contributed by atoms with Crippen molar-refractivity contribution in [2.75, 3.05) is 39.5 Å². The molecular weight excluding hydrogens is 232 g/mol. The summed E-state index contributed by atoms with van der Waals surface area (Å²) in [6, 6.07) is 0.495. The minimum atomic E-state index is 0. The van der Waals surface area contributed by atoms with Gasteiger partial charge in [0, 0.05) is 27.9 Å². The van der Waals surface area contributed by atoms with Gasteiger partial charge in [-0.3, -0.25) is 4.79 Å². The fraction of sp³-hybridized carbons (Fsp3) is 0.923. The molecule has 0 saturated heterocycles. The molecule has 0 atom stereocenters. The van der Waals surface area contributed by atoms with Crippen molar-refractivity contribution in [1.82, 2.24) is 10.6 Å². The zero-order valence-electron chi connectivity index (χ0n) is 12.1. The Morgan fingerprint density at radius 2 is 1.56 bits per heavy atom. The van der Waals surface area contributed by atoms with Crippen molar-refractivity contribution < 1.29 is 17.1 Å². The fourth-order valence-corrected chi connectivity index (χ4v) is 1.19. The number of nitrogens with one attached hydrogen (secondary N) is 2. The molecule has 0 bridgehead atoms. The van der Waals surface area contributed by atoms with Gasteiger partial charge < -0.3 is 20.1 Å². The van der Waals surface area contributed by atoms with E-state index in [1.807, 2.05) is 13.8 Å². The molecular formula is C13H32N2O3. The van der Waals surface area contributed by atoms with E-state index in [1.165, 1.54) is 0 Å². The standard InChI is InChI=1S/C13H28N2O3.2H2/c1-11(2)13(16)15-6-8-18-10-9-17-7-5-14-12(3)4;;/h11-12,14H,5-10H2,1-4H3,(H,15,16);2*1H. The highest BCUT2D eigenvalue weighted by Gasteiger charge is 2.04. The number of hydrogen-bond acceptors (Lipinski definition) is 4. The highest BCUT2D eigenvalue weighted by molar-refractivity contribution is 5.77. The molecule has 2 N–H and O–H groups in total. The van der Waals surface area contributed by atoms with Crippen LogP contribution in [0.15, 0.2) is 0 Å². The molecule has 112 valence electrons. The van der Waals surface area contributed by atoms with E-state index >= 15 is 0 Å². The molecule has 0 fully saturated rings. The van der Waals surface area contributed by atoms with Gasteiger partial charge in [-0.25, -0.2) is 0 Å². The molecule has 0 spiro atoms. The summed E-state index contributed by atoms with van der Waals surface area (Å²) in [5.74, 6) is 0.0939. The van der Waals surface area contributed by atoms with Gasteiger partial charge in [0.25, 0.3) is 0 Å². The van der Waals surface area contributed by atoms with Crippen LogP contribution >= 0.6 is 0 Å². The van der Waals surface area contributed by atoms with Gasteiger partial charge in [0.15, 0.2) is 0 Å². The molecule has 0 aliphatic carbocycles. The van der Waals surface area contributed by atoms with Crippen molar-refractivity contribution in [3.63, 3.8) is 0 Å². The lowest BCUT2D eigenvalue weighted by atomic mass is 10.2. The van der Waals surface area contributed by atoms with E-state index in [0.29, 0.717) is 39.0 Å². The molecule has 5 nitrogen and oxygen atoms in total. The van der Waals surface area contributed by atoms with Gasteiger partial charge in [0.05, 0.1) is 26.4 Å². The first-order chi connectivity index (χ1) is 8.54. The Balaban J connectivity index is -0.00000144. The number of carbonyl (C=O) groups is 1. The van der Waals surface area contributed by atoms with Crippen molar-refractivity contribution in [2.45, 2.75) is 33.7 Å². The lowest BCUT2D eigenvalue weighted by molar-refractivity contribution is -0.124. The lowest BCUT2D eigenvalue weighted by Crippen LogP contribution is -2.31. The Labute approximate surface area is 114 Å². The molecule has 0 heterocycles. The van der Waals surface area contributed by atoms with Crippen LogP contribution in [0, 0.1) is 5.92 Å². The first kappa shape index (κ1) is 17.4. The second-order valence-electron chi connectivity index (χ2n) is 4.78. The predicted molar refractivity (Wildman–Crippen MR) is 76.9 cm³/mol. The fourth-order valence-electron chi connectivity index (χ4n) is 1.19. The van der Waals surface area contributed by atoms with Gasteiger partial charge in [-0.05, 0) is 0 Å². The summed E-state index contributed by atoms with van der Waals surface area (Å²) in [7, 11) is 0. The Bertz CT molecular complexity index is 218. The van der Waals surface area contributed by atoms with Gasteiger partial charge >= 0.3 is 0 Å². The normalized spacial score (nSPS) is 11.2. The van der Waals surface area contributed by atoms with Gasteiger partial charge in [-0.2, -0.15) is 0 Å². The van der Waals surface area contributed by atoms with Crippen LogP contribution in [0.2, 0.25) is 0 Å². The maximum Gasteiger partial charge on any atom is 0.222 e. The summed E-state index contributed by atoms with van der Waals surface area (Å²) in [4.78, 5) is 11.2. The van der Waals surface area contributed by atoms with Gasteiger partial charge in [-0.1, -0.05) is 27.7 Å². The van der Waals surface area contributed by atoms with E-state index in [-0.39, 0.29) is 14.7 Å². The molecule has 0 aromatic heterocycles. The monoisotopic (exact) mass is 264 g/mol. The van der Waals surface area contributed by atoms with Gasteiger partial charge in [0.1, 0.15) is 0 Å². The Morgan fingerprint density at radius 3 is 2.06 bits per heavy atom. The van der Waals surface area contributed by atoms with Crippen molar-refractivity contribution in [3.05, 3.63) is 0 Å². The minimum Gasteiger partial charge on any atom is -0.378 e. The molecule has 0 radical (unpaired) electrons. The Kier molecular flexibility index (Phi) is 11.0. The zero-order chi connectivity index (χ0) is 13.8. The van der Waals surface area contributed by atoms with Crippen molar-refractivity contribution in [3.8, 4) is 0 Å². The second-order valence-corrected chi connectivity index (χ2v) is 4.78. The van der Waals surface area contributed by atoms with Crippen LogP contribution in [0.5, 0.6) is 0 Å². The molecule has 0 aliphatic heterocycles. The number of hydrogen-bond donors (Lipinski definition) is 2. The van der Waals surface area contributed by atoms with E-state index in [0.717, 1.165) is 6.54 Å². The molecule has 0 unspecified atom stereocenters. The third kappa shape index (κ3) is 11.8. The quantitative estimate of drug-likeness (QED) is 0.552. The predicted octanol–water partition coefficient (Wildman–Crippen LogP) is 1.28. The Morgan fingerprint density at radius 1 is 1.00 bits per heavy atom. The third-order valence-corrected chi connectivity index (χ3v) is 2.24. The van der Waals surface area contributed by atoms with Gasteiger partial charge in [-0.15, -0.1) is 0 Å². The topological polar surface area (TPSA) is 59.6 Å². The van der Waals surface area contributed by atoms with E-state index in [2.05, 4.69) is 24.5 Å². The van der Waals surface area contributed by atoms with Crippen LogP contribution in [-0.2, 0) is 14.3 Å². The molecule has 1 amide bonds. The summed E-state index contributed by atoms with van der Waals surface area (Å²) in [6.07, 6.45) is 0. The van der Waals surface area contributed by atoms with Crippen LogP contribution in [0.25, 0.3) is 0 Å². The second kappa shape index (κ2) is 11.4. The number of rotatable bonds is 11. The van der Waals surface area contributed by atoms with E-state index in [1.54, 1.807) is 0 Å². The van der Waals surface area contributed by atoms with E-state index in [4.69, 9.17) is 9.47 Å². The van der Waals surface area contributed by atoms with E-state index < -0.39 is 0 Å². The smallest absolute Gasteiger partial charge is 0.222 e. The Hall–Kier alpha value is -0.650. The summed E-state index contributed by atoms with van der Waals surface area (Å²) < 4.78 is 10.7. The third-order valence-electron chi connectivity index (χ3n) is 2.24. The lowest BCUT2D eigenvalue weighted by Gasteiger charge is -2.10. The minimum absolute atomic E-state index is 0. The maximum atomic E-state index is 11.2. The van der Waals surface area contributed by atoms with Crippen LogP contribution in [0.3, 0.4) is 0 Å². The number of carbonyl (C=O) groups excluding carboxylic acids is 1. The largest absolute Gasteiger partial charge is 0.378 e. The maximum absolute atomic E-state index is 11.2. The van der Waals surface area contributed by atoms with Crippen LogP contribution < -0.4 is 10.6 Å². The molecule has 0 aromatic carbocycles. The molecule has 5 heteroatoms. The number of ether oxygens (including phenoxy) is 2. The SMILES string of the molecule is CC(C)NCCOCCOCCNC(=O)C(C)C.[HH].[HH].